The van der Waals surface area contributed by atoms with Crippen molar-refractivity contribution in [3.8, 4) is 0 Å². The average molecular weight is 300 g/mol. The Labute approximate surface area is 130 Å². The molecule has 0 fully saturated rings. The second-order valence-corrected chi connectivity index (χ2v) is 5.11. The lowest BCUT2D eigenvalue weighted by Crippen LogP contribution is -2.21. The van der Waals surface area contributed by atoms with E-state index in [0.29, 0.717) is 19.5 Å². The molecule has 3 nitrogen and oxygen atoms in total. The van der Waals surface area contributed by atoms with Crippen LogP contribution in [0.1, 0.15) is 24.5 Å². The van der Waals surface area contributed by atoms with Crippen molar-refractivity contribution < 1.29 is 9.18 Å². The van der Waals surface area contributed by atoms with Crippen LogP contribution < -0.4 is 10.6 Å². The van der Waals surface area contributed by atoms with E-state index in [1.54, 1.807) is 12.1 Å². The summed E-state index contributed by atoms with van der Waals surface area (Å²) >= 11 is 0. The molecule has 1 amide bonds. The van der Waals surface area contributed by atoms with Crippen LogP contribution in [-0.2, 0) is 17.8 Å². The molecule has 2 rings (SSSR count). The standard InChI is InChI=1S/C18H21FN2O/c1-2-15-5-3-4-6-17(15)21-18(22)11-12-20-13-14-7-9-16(19)10-8-14/h3-10,20H,2,11-13H2,1H3,(H,21,22). The van der Waals surface area contributed by atoms with Crippen LogP contribution in [0.4, 0.5) is 10.1 Å². The quantitative estimate of drug-likeness (QED) is 0.768. The Balaban J connectivity index is 1.72. The van der Waals surface area contributed by atoms with Gasteiger partial charge in [0.05, 0.1) is 0 Å². The average Bonchev–Trinajstić information content (AvgIpc) is 2.54. The third kappa shape index (κ3) is 4.97. The van der Waals surface area contributed by atoms with E-state index < -0.39 is 0 Å². The lowest BCUT2D eigenvalue weighted by Gasteiger charge is -2.10. The van der Waals surface area contributed by atoms with Gasteiger partial charge in [0.2, 0.25) is 5.91 Å². The zero-order chi connectivity index (χ0) is 15.8. The summed E-state index contributed by atoms with van der Waals surface area (Å²) in [6.45, 7) is 3.27. The SMILES string of the molecule is CCc1ccccc1NC(=O)CCNCc1ccc(F)cc1. The first kappa shape index (κ1) is 16.2. The van der Waals surface area contributed by atoms with Crippen molar-refractivity contribution in [2.24, 2.45) is 0 Å². The number of amides is 1. The van der Waals surface area contributed by atoms with Crippen LogP contribution in [0.3, 0.4) is 0 Å². The Morgan fingerprint density at radius 3 is 2.55 bits per heavy atom. The molecule has 0 aromatic heterocycles. The molecule has 2 N–H and O–H groups in total. The number of nitrogens with one attached hydrogen (secondary N) is 2. The zero-order valence-electron chi connectivity index (χ0n) is 12.7. The normalized spacial score (nSPS) is 10.5. The smallest absolute Gasteiger partial charge is 0.225 e. The Bertz CT molecular complexity index is 611. The van der Waals surface area contributed by atoms with E-state index in [1.807, 2.05) is 24.3 Å². The number of rotatable bonds is 7. The number of carbonyl (C=O) groups excluding carboxylic acids is 1. The molecule has 116 valence electrons. The molecule has 0 spiro atoms. The van der Waals surface area contributed by atoms with E-state index >= 15 is 0 Å². The molecule has 0 aliphatic rings. The Kier molecular flexibility index (Phi) is 6.10. The summed E-state index contributed by atoms with van der Waals surface area (Å²) < 4.78 is 12.8. The van der Waals surface area contributed by atoms with Crippen LogP contribution in [-0.4, -0.2) is 12.5 Å². The molecule has 22 heavy (non-hydrogen) atoms. The van der Waals surface area contributed by atoms with Crippen LogP contribution in [0, 0.1) is 5.82 Å². The Hall–Kier alpha value is -2.20. The number of hydrogen-bond acceptors (Lipinski definition) is 2. The predicted octanol–water partition coefficient (Wildman–Crippen LogP) is 3.51. The van der Waals surface area contributed by atoms with E-state index in [0.717, 1.165) is 23.2 Å². The maximum atomic E-state index is 12.8. The number of carbonyl (C=O) groups is 1. The first-order chi connectivity index (χ1) is 10.7. The minimum atomic E-state index is -0.238. The van der Waals surface area contributed by atoms with Gasteiger partial charge in [-0.15, -0.1) is 0 Å². The van der Waals surface area contributed by atoms with Crippen molar-refractivity contribution in [3.05, 3.63) is 65.5 Å². The van der Waals surface area contributed by atoms with Crippen molar-refractivity contribution in [2.45, 2.75) is 26.3 Å². The minimum Gasteiger partial charge on any atom is -0.326 e. The molecule has 2 aromatic rings. The molecule has 4 heteroatoms. The third-order valence-electron chi connectivity index (χ3n) is 3.44. The molecular formula is C18H21FN2O. The van der Waals surface area contributed by atoms with Crippen molar-refractivity contribution in [1.82, 2.24) is 5.32 Å². The molecule has 0 aliphatic carbocycles. The summed E-state index contributed by atoms with van der Waals surface area (Å²) in [4.78, 5) is 11.9. The summed E-state index contributed by atoms with van der Waals surface area (Å²) in [5.74, 6) is -0.245. The summed E-state index contributed by atoms with van der Waals surface area (Å²) in [6, 6.07) is 14.2. The summed E-state index contributed by atoms with van der Waals surface area (Å²) in [5.41, 5.74) is 3.02. The molecule has 0 aliphatic heterocycles. The van der Waals surface area contributed by atoms with Crippen LogP contribution in [0.25, 0.3) is 0 Å². The summed E-state index contributed by atoms with van der Waals surface area (Å²) in [5, 5.41) is 6.12. The predicted molar refractivity (Wildman–Crippen MR) is 87.2 cm³/mol. The largest absolute Gasteiger partial charge is 0.326 e. The first-order valence-electron chi connectivity index (χ1n) is 7.52. The monoisotopic (exact) mass is 300 g/mol. The van der Waals surface area contributed by atoms with E-state index in [9.17, 15) is 9.18 Å². The first-order valence-corrected chi connectivity index (χ1v) is 7.52. The zero-order valence-corrected chi connectivity index (χ0v) is 12.7. The van der Waals surface area contributed by atoms with Crippen molar-refractivity contribution in [2.75, 3.05) is 11.9 Å². The molecular weight excluding hydrogens is 279 g/mol. The number of para-hydroxylation sites is 1. The third-order valence-corrected chi connectivity index (χ3v) is 3.44. The highest BCUT2D eigenvalue weighted by Crippen LogP contribution is 2.15. The van der Waals surface area contributed by atoms with E-state index in [1.165, 1.54) is 12.1 Å². The molecule has 0 radical (unpaired) electrons. The number of aryl methyl sites for hydroxylation is 1. The van der Waals surface area contributed by atoms with Gasteiger partial charge in [-0.05, 0) is 35.7 Å². The lowest BCUT2D eigenvalue weighted by molar-refractivity contribution is -0.116. The number of benzene rings is 2. The van der Waals surface area contributed by atoms with E-state index in [4.69, 9.17) is 0 Å². The van der Waals surface area contributed by atoms with Crippen molar-refractivity contribution in [1.29, 1.82) is 0 Å². The van der Waals surface area contributed by atoms with Crippen molar-refractivity contribution >= 4 is 11.6 Å². The van der Waals surface area contributed by atoms with Gasteiger partial charge in [-0.3, -0.25) is 4.79 Å². The van der Waals surface area contributed by atoms with Gasteiger partial charge in [-0.1, -0.05) is 37.3 Å². The molecule has 0 heterocycles. The van der Waals surface area contributed by atoms with Crippen LogP contribution in [0.2, 0.25) is 0 Å². The topological polar surface area (TPSA) is 41.1 Å². The minimum absolute atomic E-state index is 0.00694. The fourth-order valence-electron chi connectivity index (χ4n) is 2.20. The lowest BCUT2D eigenvalue weighted by atomic mass is 10.1. The van der Waals surface area contributed by atoms with Crippen LogP contribution >= 0.6 is 0 Å². The molecule has 0 atom stereocenters. The molecule has 2 aromatic carbocycles. The van der Waals surface area contributed by atoms with Gasteiger partial charge < -0.3 is 10.6 Å². The van der Waals surface area contributed by atoms with Gasteiger partial charge >= 0.3 is 0 Å². The number of halogens is 1. The van der Waals surface area contributed by atoms with Crippen LogP contribution in [0.15, 0.2) is 48.5 Å². The highest BCUT2D eigenvalue weighted by Gasteiger charge is 2.05. The van der Waals surface area contributed by atoms with E-state index in [2.05, 4.69) is 17.6 Å². The fraction of sp³-hybridized carbons (Fsp3) is 0.278. The summed E-state index contributed by atoms with van der Waals surface area (Å²) in [6.07, 6.45) is 1.29. The highest BCUT2D eigenvalue weighted by molar-refractivity contribution is 5.91. The van der Waals surface area contributed by atoms with Gasteiger partial charge in [0.15, 0.2) is 0 Å². The highest BCUT2D eigenvalue weighted by atomic mass is 19.1. The van der Waals surface area contributed by atoms with Gasteiger partial charge in [0.1, 0.15) is 5.82 Å². The fourth-order valence-corrected chi connectivity index (χ4v) is 2.20. The second kappa shape index (κ2) is 8.29. The molecule has 0 unspecified atom stereocenters. The molecule has 0 saturated heterocycles. The van der Waals surface area contributed by atoms with Crippen molar-refractivity contribution in [3.63, 3.8) is 0 Å². The van der Waals surface area contributed by atoms with E-state index in [-0.39, 0.29) is 11.7 Å². The van der Waals surface area contributed by atoms with Crippen LogP contribution in [0.5, 0.6) is 0 Å². The van der Waals surface area contributed by atoms with Gasteiger partial charge in [0, 0.05) is 25.2 Å². The Morgan fingerprint density at radius 2 is 1.82 bits per heavy atom. The summed E-state index contributed by atoms with van der Waals surface area (Å²) in [7, 11) is 0. The van der Waals surface area contributed by atoms with Gasteiger partial charge in [-0.25, -0.2) is 4.39 Å². The number of anilines is 1. The second-order valence-electron chi connectivity index (χ2n) is 5.11. The Morgan fingerprint density at radius 1 is 1.09 bits per heavy atom. The number of hydrogen-bond donors (Lipinski definition) is 2. The maximum Gasteiger partial charge on any atom is 0.225 e. The van der Waals surface area contributed by atoms with Gasteiger partial charge in [-0.2, -0.15) is 0 Å². The molecule has 0 bridgehead atoms. The maximum absolute atomic E-state index is 12.8. The molecule has 0 saturated carbocycles. The van der Waals surface area contributed by atoms with Gasteiger partial charge in [0.25, 0.3) is 0 Å².